The third-order valence-corrected chi connectivity index (χ3v) is 6.45. The van der Waals surface area contributed by atoms with Crippen LogP contribution in [0.15, 0.2) is 45.9 Å². The first-order valence-electron chi connectivity index (χ1n) is 9.21. The molecule has 2 aromatic rings. The molecule has 1 aliphatic heterocycles. The molecule has 1 aromatic carbocycles. The zero-order valence-corrected chi connectivity index (χ0v) is 16.8. The number of amides is 2. The van der Waals surface area contributed by atoms with Crippen molar-refractivity contribution in [1.82, 2.24) is 9.62 Å². The second-order valence-electron chi connectivity index (χ2n) is 6.54. The standard InChI is InChI=1S/C19H23N3O6S/c1-27-15-8-7-14(12-17(15)29(25,26)22-9-3-2-4-10-22)21-18(23)13-20-19(24)16-6-5-11-28-16/h5-8,11-12H,2-4,9-10,13H2,1H3,(H,20,24)(H,21,23). The molecule has 2 amide bonds. The Bertz CT molecular complexity index is 966. The summed E-state index contributed by atoms with van der Waals surface area (Å²) in [5, 5.41) is 5.01. The van der Waals surface area contributed by atoms with E-state index in [1.807, 2.05) is 0 Å². The third kappa shape index (κ3) is 4.96. The molecule has 2 N–H and O–H groups in total. The highest BCUT2D eigenvalue weighted by molar-refractivity contribution is 7.89. The Balaban J connectivity index is 1.71. The lowest BCUT2D eigenvalue weighted by Crippen LogP contribution is -2.36. The highest BCUT2D eigenvalue weighted by Gasteiger charge is 2.29. The van der Waals surface area contributed by atoms with E-state index in [1.165, 1.54) is 35.9 Å². The Labute approximate surface area is 169 Å². The summed E-state index contributed by atoms with van der Waals surface area (Å²) in [6, 6.07) is 7.45. The monoisotopic (exact) mass is 421 g/mol. The molecule has 0 atom stereocenters. The van der Waals surface area contributed by atoms with Crippen molar-refractivity contribution < 1.29 is 27.2 Å². The summed E-state index contributed by atoms with van der Waals surface area (Å²) in [5.74, 6) is -0.721. The van der Waals surface area contributed by atoms with Crippen molar-refractivity contribution in [2.24, 2.45) is 0 Å². The lowest BCUT2D eigenvalue weighted by atomic mass is 10.2. The van der Waals surface area contributed by atoms with Crippen molar-refractivity contribution >= 4 is 27.5 Å². The number of nitrogens with one attached hydrogen (secondary N) is 2. The number of rotatable bonds is 7. The largest absolute Gasteiger partial charge is 0.495 e. The molecule has 1 aromatic heterocycles. The first-order chi connectivity index (χ1) is 13.9. The van der Waals surface area contributed by atoms with Crippen LogP contribution in [0.3, 0.4) is 0 Å². The van der Waals surface area contributed by atoms with Crippen LogP contribution in [0.1, 0.15) is 29.8 Å². The van der Waals surface area contributed by atoms with Gasteiger partial charge in [-0.2, -0.15) is 4.31 Å². The first-order valence-corrected chi connectivity index (χ1v) is 10.7. The molecule has 1 fully saturated rings. The van der Waals surface area contributed by atoms with E-state index in [0.717, 1.165) is 19.3 Å². The number of carbonyl (C=O) groups is 2. The summed E-state index contributed by atoms with van der Waals surface area (Å²) >= 11 is 0. The van der Waals surface area contributed by atoms with Crippen molar-refractivity contribution in [2.45, 2.75) is 24.2 Å². The first kappa shape index (κ1) is 20.9. The van der Waals surface area contributed by atoms with Crippen LogP contribution < -0.4 is 15.4 Å². The molecule has 9 nitrogen and oxygen atoms in total. The molecule has 10 heteroatoms. The fourth-order valence-corrected chi connectivity index (χ4v) is 4.76. The summed E-state index contributed by atoms with van der Waals surface area (Å²) in [4.78, 5) is 24.0. The van der Waals surface area contributed by atoms with Crippen LogP contribution in [-0.4, -0.2) is 51.3 Å². The quantitative estimate of drug-likeness (QED) is 0.704. The summed E-state index contributed by atoms with van der Waals surface area (Å²) in [6.07, 6.45) is 3.99. The Morgan fingerprint density at radius 1 is 1.17 bits per heavy atom. The molecule has 0 saturated carbocycles. The van der Waals surface area contributed by atoms with Gasteiger partial charge in [0.2, 0.25) is 15.9 Å². The number of nitrogens with zero attached hydrogens (tertiary/aromatic N) is 1. The molecule has 156 valence electrons. The van der Waals surface area contributed by atoms with Crippen molar-refractivity contribution in [3.8, 4) is 5.75 Å². The number of carbonyl (C=O) groups excluding carboxylic acids is 2. The summed E-state index contributed by atoms with van der Waals surface area (Å²) in [7, 11) is -2.35. The van der Waals surface area contributed by atoms with Gasteiger partial charge in [0.1, 0.15) is 10.6 Å². The van der Waals surface area contributed by atoms with E-state index in [0.29, 0.717) is 18.8 Å². The molecular formula is C19H23N3O6S. The summed E-state index contributed by atoms with van der Waals surface area (Å²) in [5.41, 5.74) is 0.290. The number of ether oxygens (including phenoxy) is 1. The number of benzene rings is 1. The molecule has 1 aliphatic rings. The van der Waals surface area contributed by atoms with E-state index in [2.05, 4.69) is 10.6 Å². The maximum absolute atomic E-state index is 13.0. The minimum absolute atomic E-state index is 0.000629. The van der Waals surface area contributed by atoms with Gasteiger partial charge in [-0.3, -0.25) is 9.59 Å². The van der Waals surface area contributed by atoms with Gasteiger partial charge in [-0.05, 0) is 43.2 Å². The van der Waals surface area contributed by atoms with Crippen LogP contribution in [0.5, 0.6) is 5.75 Å². The van der Waals surface area contributed by atoms with Gasteiger partial charge in [-0.1, -0.05) is 6.42 Å². The second-order valence-corrected chi connectivity index (χ2v) is 8.44. The number of hydrogen-bond acceptors (Lipinski definition) is 6. The fraction of sp³-hybridized carbons (Fsp3) is 0.368. The Hall–Kier alpha value is -2.85. The van der Waals surface area contributed by atoms with Crippen LogP contribution in [0, 0.1) is 0 Å². The van der Waals surface area contributed by atoms with Crippen LogP contribution in [0.4, 0.5) is 5.69 Å². The Morgan fingerprint density at radius 2 is 1.93 bits per heavy atom. The Morgan fingerprint density at radius 3 is 2.59 bits per heavy atom. The summed E-state index contributed by atoms with van der Waals surface area (Å²) in [6.45, 7) is 0.627. The molecule has 0 bridgehead atoms. The second kappa shape index (κ2) is 9.10. The topological polar surface area (TPSA) is 118 Å². The summed E-state index contributed by atoms with van der Waals surface area (Å²) < 4.78 is 37.6. The Kier molecular flexibility index (Phi) is 6.55. The predicted octanol–water partition coefficient (Wildman–Crippen LogP) is 1.83. The molecule has 1 saturated heterocycles. The molecule has 0 unspecified atom stereocenters. The van der Waals surface area contributed by atoms with Gasteiger partial charge in [-0.15, -0.1) is 0 Å². The third-order valence-electron chi connectivity index (χ3n) is 4.53. The smallest absolute Gasteiger partial charge is 0.287 e. The van der Waals surface area contributed by atoms with Crippen LogP contribution in [0.25, 0.3) is 0 Å². The minimum atomic E-state index is -3.74. The van der Waals surface area contributed by atoms with Gasteiger partial charge in [-0.25, -0.2) is 8.42 Å². The average Bonchev–Trinajstić information content (AvgIpc) is 3.27. The zero-order chi connectivity index (χ0) is 20.9. The van der Waals surface area contributed by atoms with E-state index in [-0.39, 0.29) is 22.9 Å². The zero-order valence-electron chi connectivity index (χ0n) is 16.0. The molecule has 0 radical (unpaired) electrons. The number of sulfonamides is 1. The SMILES string of the molecule is COc1ccc(NC(=O)CNC(=O)c2ccco2)cc1S(=O)(=O)N1CCCCC1. The molecule has 3 rings (SSSR count). The van der Waals surface area contributed by atoms with Gasteiger partial charge in [0.25, 0.3) is 5.91 Å². The number of piperidine rings is 1. The van der Waals surface area contributed by atoms with Gasteiger partial charge < -0.3 is 19.8 Å². The lowest BCUT2D eigenvalue weighted by molar-refractivity contribution is -0.115. The van der Waals surface area contributed by atoms with E-state index < -0.39 is 21.8 Å². The number of methoxy groups -OCH3 is 1. The van der Waals surface area contributed by atoms with Gasteiger partial charge in [0.15, 0.2) is 5.76 Å². The van der Waals surface area contributed by atoms with Crippen molar-refractivity contribution in [2.75, 3.05) is 32.1 Å². The normalized spacial score (nSPS) is 14.9. The van der Waals surface area contributed by atoms with Gasteiger partial charge in [0, 0.05) is 18.8 Å². The number of hydrogen-bond donors (Lipinski definition) is 2. The van der Waals surface area contributed by atoms with Crippen LogP contribution in [-0.2, 0) is 14.8 Å². The van der Waals surface area contributed by atoms with E-state index in [4.69, 9.17) is 9.15 Å². The highest BCUT2D eigenvalue weighted by atomic mass is 32.2. The highest BCUT2D eigenvalue weighted by Crippen LogP contribution is 2.31. The lowest BCUT2D eigenvalue weighted by Gasteiger charge is -2.26. The number of anilines is 1. The van der Waals surface area contributed by atoms with Crippen molar-refractivity contribution in [1.29, 1.82) is 0 Å². The van der Waals surface area contributed by atoms with Crippen molar-refractivity contribution in [3.05, 3.63) is 42.4 Å². The van der Waals surface area contributed by atoms with E-state index in [9.17, 15) is 18.0 Å². The van der Waals surface area contributed by atoms with Crippen LogP contribution in [0.2, 0.25) is 0 Å². The predicted molar refractivity (Wildman–Crippen MR) is 105 cm³/mol. The molecule has 0 aliphatic carbocycles. The van der Waals surface area contributed by atoms with E-state index in [1.54, 1.807) is 12.1 Å². The van der Waals surface area contributed by atoms with Gasteiger partial charge >= 0.3 is 0 Å². The molecule has 0 spiro atoms. The maximum Gasteiger partial charge on any atom is 0.287 e. The molecular weight excluding hydrogens is 398 g/mol. The fourth-order valence-electron chi connectivity index (χ4n) is 3.06. The maximum atomic E-state index is 13.0. The minimum Gasteiger partial charge on any atom is -0.495 e. The molecule has 29 heavy (non-hydrogen) atoms. The van der Waals surface area contributed by atoms with Crippen molar-refractivity contribution in [3.63, 3.8) is 0 Å². The van der Waals surface area contributed by atoms with E-state index >= 15 is 0 Å². The average molecular weight is 421 g/mol. The van der Waals surface area contributed by atoms with Gasteiger partial charge in [0.05, 0.1) is 19.9 Å². The molecule has 2 heterocycles. The number of furan rings is 1. The van der Waals surface area contributed by atoms with Crippen LogP contribution >= 0.6 is 0 Å².